The highest BCUT2D eigenvalue weighted by atomic mass is 35.5. The lowest BCUT2D eigenvalue weighted by Crippen LogP contribution is -2.31. The smallest absolute Gasteiger partial charge is 0.293 e. The Labute approximate surface area is 269 Å². The van der Waals surface area contributed by atoms with Crippen molar-refractivity contribution in [2.24, 2.45) is 0 Å². The fraction of sp³-hybridized carbons (Fsp3) is 0.333. The number of aromatic nitrogens is 2. The highest BCUT2D eigenvalue weighted by Crippen LogP contribution is 2.30. The standard InChI is InChI=1S/C30H31Cl2N5O7S/c1-18-13-22(14-19(2)28(18)32)44-12-4-10-36-26-9-6-20(31)15-24(26)29(34-36)30(38)35-45(41,42)23-7-8-25(27(16-23)37(39)40)33-17-21-5-3-11-43-21/h6-9,13-16,21,33H,3-5,10-12,17H2,1-2H3,(H,35,38). The van der Waals surface area contributed by atoms with E-state index in [4.69, 9.17) is 32.7 Å². The maximum Gasteiger partial charge on any atom is 0.293 e. The maximum absolute atomic E-state index is 13.3. The SMILES string of the molecule is Cc1cc(OCCCn2nc(C(=O)NS(=O)(=O)c3ccc(NCC4CCCO4)c([N+](=O)[O-])c3)c3cc(Cl)ccc32)cc(C)c1Cl. The van der Waals surface area contributed by atoms with Crippen LogP contribution in [0.5, 0.6) is 5.75 Å². The molecule has 3 aromatic carbocycles. The summed E-state index contributed by atoms with van der Waals surface area (Å²) >= 11 is 12.4. The van der Waals surface area contributed by atoms with Gasteiger partial charge >= 0.3 is 0 Å². The van der Waals surface area contributed by atoms with E-state index in [2.05, 4.69) is 10.4 Å². The van der Waals surface area contributed by atoms with E-state index in [-0.39, 0.29) is 17.5 Å². The lowest BCUT2D eigenvalue weighted by Gasteiger charge is -2.13. The molecular formula is C30H31Cl2N5O7S. The van der Waals surface area contributed by atoms with Crippen LogP contribution in [0.3, 0.4) is 0 Å². The van der Waals surface area contributed by atoms with E-state index < -0.39 is 31.4 Å². The number of nitrogens with one attached hydrogen (secondary N) is 2. The molecule has 1 aromatic heterocycles. The van der Waals surface area contributed by atoms with Gasteiger partial charge in [0.1, 0.15) is 11.4 Å². The number of ether oxygens (including phenoxy) is 2. The maximum atomic E-state index is 13.3. The van der Waals surface area contributed by atoms with Crippen molar-refractivity contribution in [2.45, 2.75) is 50.7 Å². The van der Waals surface area contributed by atoms with Gasteiger partial charge < -0.3 is 14.8 Å². The number of carbonyl (C=O) groups excluding carboxylic acids is 1. The third-order valence-electron chi connectivity index (χ3n) is 7.37. The number of amides is 1. The summed E-state index contributed by atoms with van der Waals surface area (Å²) in [6, 6.07) is 12.0. The van der Waals surface area contributed by atoms with Crippen LogP contribution in [0.1, 0.15) is 40.9 Å². The van der Waals surface area contributed by atoms with Crippen LogP contribution in [0.15, 0.2) is 53.4 Å². The van der Waals surface area contributed by atoms with E-state index >= 15 is 0 Å². The molecule has 2 N–H and O–H groups in total. The zero-order valence-corrected chi connectivity index (χ0v) is 26.8. The fourth-order valence-corrected chi connectivity index (χ4v) is 6.37. The number of hydrogen-bond donors (Lipinski definition) is 2. The molecule has 1 saturated heterocycles. The summed E-state index contributed by atoms with van der Waals surface area (Å²) in [4.78, 5) is 23.9. The number of rotatable bonds is 12. The van der Waals surface area contributed by atoms with Gasteiger partial charge in [-0.15, -0.1) is 0 Å². The van der Waals surface area contributed by atoms with Crippen molar-refractivity contribution in [3.05, 3.63) is 85.5 Å². The molecule has 0 bridgehead atoms. The predicted molar refractivity (Wildman–Crippen MR) is 171 cm³/mol. The molecule has 1 atom stereocenters. The first-order valence-electron chi connectivity index (χ1n) is 14.2. The third kappa shape index (κ3) is 7.50. The minimum absolute atomic E-state index is 0.0834. The summed E-state index contributed by atoms with van der Waals surface area (Å²) in [6.45, 7) is 5.48. The lowest BCUT2D eigenvalue weighted by atomic mass is 10.1. The van der Waals surface area contributed by atoms with Gasteiger partial charge in [0.05, 0.1) is 28.0 Å². The van der Waals surface area contributed by atoms with Crippen molar-refractivity contribution < 1.29 is 27.6 Å². The van der Waals surface area contributed by atoms with Crippen LogP contribution >= 0.6 is 23.2 Å². The van der Waals surface area contributed by atoms with Crippen molar-refractivity contribution in [1.29, 1.82) is 0 Å². The monoisotopic (exact) mass is 675 g/mol. The largest absolute Gasteiger partial charge is 0.494 e. The Morgan fingerprint density at radius 3 is 2.60 bits per heavy atom. The number of nitro benzene ring substituents is 1. The Morgan fingerprint density at radius 1 is 1.16 bits per heavy atom. The molecule has 4 aromatic rings. The van der Waals surface area contributed by atoms with Crippen LogP contribution in [0, 0.1) is 24.0 Å². The topological polar surface area (TPSA) is 155 Å². The van der Waals surface area contributed by atoms with Gasteiger partial charge in [-0.25, -0.2) is 13.1 Å². The molecule has 15 heteroatoms. The first-order chi connectivity index (χ1) is 21.4. The second-order valence-corrected chi connectivity index (χ2v) is 13.2. The third-order valence-corrected chi connectivity index (χ3v) is 9.53. The molecular weight excluding hydrogens is 645 g/mol. The van der Waals surface area contributed by atoms with Crippen molar-refractivity contribution in [3.63, 3.8) is 0 Å². The number of nitrogens with zero attached hydrogens (tertiary/aromatic N) is 3. The Balaban J connectivity index is 1.31. The van der Waals surface area contributed by atoms with Crippen molar-refractivity contribution in [2.75, 3.05) is 25.1 Å². The Hall–Kier alpha value is -3.91. The van der Waals surface area contributed by atoms with Gasteiger partial charge in [0.25, 0.3) is 21.6 Å². The summed E-state index contributed by atoms with van der Waals surface area (Å²) < 4.78 is 41.4. The molecule has 1 amide bonds. The first-order valence-corrected chi connectivity index (χ1v) is 16.4. The summed E-state index contributed by atoms with van der Waals surface area (Å²) in [5.74, 6) is -0.323. The van der Waals surface area contributed by atoms with Gasteiger partial charge in [0.2, 0.25) is 0 Å². The summed E-state index contributed by atoms with van der Waals surface area (Å²) in [7, 11) is -4.51. The lowest BCUT2D eigenvalue weighted by molar-refractivity contribution is -0.384. The number of carbonyl (C=O) groups is 1. The van der Waals surface area contributed by atoms with Gasteiger partial charge in [-0.3, -0.25) is 19.6 Å². The number of nitro groups is 1. The minimum Gasteiger partial charge on any atom is -0.494 e. The molecule has 5 rings (SSSR count). The number of sulfonamides is 1. The van der Waals surface area contributed by atoms with Crippen LogP contribution in [0.25, 0.3) is 10.9 Å². The molecule has 1 fully saturated rings. The highest BCUT2D eigenvalue weighted by molar-refractivity contribution is 7.90. The molecule has 0 radical (unpaired) electrons. The predicted octanol–water partition coefficient (Wildman–Crippen LogP) is 6.05. The zero-order valence-electron chi connectivity index (χ0n) is 24.5. The quantitative estimate of drug-likeness (QED) is 0.104. The summed E-state index contributed by atoms with van der Waals surface area (Å²) in [6.07, 6.45) is 2.17. The van der Waals surface area contributed by atoms with Gasteiger partial charge in [-0.2, -0.15) is 5.10 Å². The number of aryl methyl sites for hydroxylation is 3. The van der Waals surface area contributed by atoms with Crippen molar-refractivity contribution in [3.8, 4) is 5.75 Å². The van der Waals surface area contributed by atoms with Crippen LogP contribution in [-0.4, -0.2) is 54.9 Å². The van der Waals surface area contributed by atoms with Crippen molar-refractivity contribution >= 4 is 61.4 Å². The van der Waals surface area contributed by atoms with E-state index in [0.29, 0.717) is 59.4 Å². The Kier molecular flexibility index (Phi) is 9.82. The van der Waals surface area contributed by atoms with Crippen molar-refractivity contribution in [1.82, 2.24) is 14.5 Å². The molecule has 2 heterocycles. The van der Waals surface area contributed by atoms with E-state index in [1.807, 2.05) is 30.7 Å². The average molecular weight is 677 g/mol. The van der Waals surface area contributed by atoms with Crippen LogP contribution in [0.4, 0.5) is 11.4 Å². The fourth-order valence-electron chi connectivity index (χ4n) is 5.12. The number of fused-ring (bicyclic) bond motifs is 1. The first kappa shape index (κ1) is 32.5. The highest BCUT2D eigenvalue weighted by Gasteiger charge is 2.27. The molecule has 0 saturated carbocycles. The van der Waals surface area contributed by atoms with Gasteiger partial charge in [-0.05, 0) is 80.3 Å². The molecule has 1 unspecified atom stereocenters. The van der Waals surface area contributed by atoms with Crippen LogP contribution in [0.2, 0.25) is 10.0 Å². The normalized spacial score (nSPS) is 14.9. The number of halogens is 2. The molecule has 0 spiro atoms. The summed E-state index contributed by atoms with van der Waals surface area (Å²) in [5.41, 5.74) is 1.91. The molecule has 238 valence electrons. The second-order valence-electron chi connectivity index (χ2n) is 10.7. The molecule has 0 aliphatic carbocycles. The molecule has 1 aliphatic rings. The van der Waals surface area contributed by atoms with Gasteiger partial charge in [0, 0.05) is 47.6 Å². The zero-order chi connectivity index (χ0) is 32.3. The average Bonchev–Trinajstić information content (AvgIpc) is 3.64. The summed E-state index contributed by atoms with van der Waals surface area (Å²) in [5, 5.41) is 20.5. The van der Waals surface area contributed by atoms with Crippen LogP contribution < -0.4 is 14.8 Å². The Morgan fingerprint density at radius 2 is 1.91 bits per heavy atom. The van der Waals surface area contributed by atoms with E-state index in [1.54, 1.807) is 16.8 Å². The number of anilines is 1. The Bertz CT molecular complexity index is 1850. The molecule has 45 heavy (non-hydrogen) atoms. The minimum atomic E-state index is -4.51. The molecule has 12 nitrogen and oxygen atoms in total. The van der Waals surface area contributed by atoms with Gasteiger partial charge in [0.15, 0.2) is 5.69 Å². The van der Waals surface area contributed by atoms with Crippen LogP contribution in [-0.2, 0) is 21.3 Å². The number of benzene rings is 3. The number of hydrogen-bond acceptors (Lipinski definition) is 9. The van der Waals surface area contributed by atoms with Gasteiger partial charge in [-0.1, -0.05) is 23.2 Å². The molecule has 1 aliphatic heterocycles. The second kappa shape index (κ2) is 13.6. The van der Waals surface area contributed by atoms with E-state index in [1.165, 1.54) is 18.2 Å². The van der Waals surface area contributed by atoms with E-state index in [0.717, 1.165) is 30.0 Å². The van der Waals surface area contributed by atoms with E-state index in [9.17, 15) is 23.3 Å².